The highest BCUT2D eigenvalue weighted by Gasteiger charge is 2.46. The minimum atomic E-state index is -1.11. The first-order valence-corrected chi connectivity index (χ1v) is 33.4. The summed E-state index contributed by atoms with van der Waals surface area (Å²) in [5, 5.41) is 21.7. The molecule has 28 heteroatoms. The zero-order valence-corrected chi connectivity index (χ0v) is 54.9. The molecule has 1 saturated heterocycles. The summed E-state index contributed by atoms with van der Waals surface area (Å²) in [6, 6.07) is 12.0. The van der Waals surface area contributed by atoms with Crippen molar-refractivity contribution in [3.63, 3.8) is 0 Å². The number of hydrogen-bond acceptors (Lipinski definition) is 21. The number of aromatic nitrogens is 4. The van der Waals surface area contributed by atoms with Crippen molar-refractivity contribution >= 4 is 103 Å². The molecule has 5 heterocycles. The van der Waals surface area contributed by atoms with Crippen molar-refractivity contribution in [1.29, 1.82) is 0 Å². The van der Waals surface area contributed by atoms with Crippen molar-refractivity contribution < 1.29 is 62.0 Å². The SMILES string of the molecule is CNC(=O)CCC(=O)OCCSSCCOC(=O)O[C@@H]1C[C@@H](C(=O)N[C@@H](C)c2ccc(-c3scnc3C)cc2)N(C(=O)[C@H](NC(=O)COCCOCCOCCNC(=O)C[C@@H]2N=C(c3ccc(Cl)cc3)c3c(sc(C)c3C)-n3c(C)nnc32)C(C)(C)C)C1. The number of carbonyl (C=O) groups excluding carboxylic acids is 7. The number of esters is 1. The number of ether oxygens (including phenoxy) is 6. The zero-order chi connectivity index (χ0) is 63.5. The fourth-order valence-electron chi connectivity index (χ4n) is 9.58. The topological polar surface area (TPSA) is 282 Å². The summed E-state index contributed by atoms with van der Waals surface area (Å²) in [5.74, 6) is -0.370. The minimum Gasteiger partial charge on any atom is -0.465 e. The molecule has 2 aliphatic heterocycles. The van der Waals surface area contributed by atoms with Crippen molar-refractivity contribution in [1.82, 2.24) is 45.9 Å². The lowest BCUT2D eigenvalue weighted by molar-refractivity contribution is -0.144. The maximum atomic E-state index is 14.7. The molecule has 88 heavy (non-hydrogen) atoms. The minimum absolute atomic E-state index is 0.00174. The van der Waals surface area contributed by atoms with E-state index in [1.807, 2.05) is 73.9 Å². The van der Waals surface area contributed by atoms with Crippen LogP contribution < -0.4 is 21.3 Å². The summed E-state index contributed by atoms with van der Waals surface area (Å²) in [4.78, 5) is 105. The van der Waals surface area contributed by atoms with Gasteiger partial charge in [0.25, 0.3) is 0 Å². The van der Waals surface area contributed by atoms with E-state index in [4.69, 9.17) is 45.0 Å². The first-order valence-electron chi connectivity index (χ1n) is 28.8. The number of thiophene rings is 1. The molecule has 2 aromatic carbocycles. The van der Waals surface area contributed by atoms with E-state index in [-0.39, 0.29) is 103 Å². The second-order valence-corrected chi connectivity index (χ2v) is 27.0. The quantitative estimate of drug-likeness (QED) is 0.0187. The number of aryl methyl sites for hydroxylation is 3. The number of rotatable bonds is 31. The lowest BCUT2D eigenvalue weighted by atomic mass is 9.85. The van der Waals surface area contributed by atoms with Crippen molar-refractivity contribution in [3.05, 3.63) is 104 Å². The smallest absolute Gasteiger partial charge is 0.465 e. The van der Waals surface area contributed by atoms with Gasteiger partial charge in [0.1, 0.15) is 54.9 Å². The summed E-state index contributed by atoms with van der Waals surface area (Å²) >= 11 is 9.43. The maximum Gasteiger partial charge on any atom is 0.508 e. The Bertz CT molecular complexity index is 3240. The summed E-state index contributed by atoms with van der Waals surface area (Å²) in [6.07, 6.45) is -1.84. The molecule has 0 aliphatic carbocycles. The maximum absolute atomic E-state index is 14.7. The second-order valence-electron chi connectivity index (χ2n) is 21.8. The van der Waals surface area contributed by atoms with Crippen LogP contribution in [-0.4, -0.2) is 175 Å². The molecular weight excluding hydrogens is 1230 g/mol. The molecule has 23 nitrogen and oxygen atoms in total. The van der Waals surface area contributed by atoms with Crippen LogP contribution >= 0.6 is 55.9 Å². The summed E-state index contributed by atoms with van der Waals surface area (Å²) in [6.45, 7) is 16.0. The van der Waals surface area contributed by atoms with Crippen LogP contribution in [0.5, 0.6) is 0 Å². The average Bonchev–Trinajstić information content (AvgIpc) is 1.82. The van der Waals surface area contributed by atoms with E-state index in [1.165, 1.54) is 44.9 Å². The Labute approximate surface area is 533 Å². The predicted octanol–water partition coefficient (Wildman–Crippen LogP) is 7.77. The number of likely N-dealkylation sites (tertiary alicyclic amines) is 1. The highest BCUT2D eigenvalue weighted by molar-refractivity contribution is 8.76. The Morgan fingerprint density at radius 1 is 0.795 bits per heavy atom. The van der Waals surface area contributed by atoms with Gasteiger partial charge in [-0.05, 0) is 68.9 Å². The van der Waals surface area contributed by atoms with E-state index in [1.54, 1.807) is 37.6 Å². The normalized spacial score (nSPS) is 16.1. The Balaban J connectivity index is 0.841. The number of aliphatic imine (C=N–C) groups is 1. The summed E-state index contributed by atoms with van der Waals surface area (Å²) in [7, 11) is 4.31. The highest BCUT2D eigenvalue weighted by atomic mass is 35.5. The number of carbonyl (C=O) groups is 7. The van der Waals surface area contributed by atoms with E-state index >= 15 is 0 Å². The second kappa shape index (κ2) is 33.4. The first kappa shape index (κ1) is 69.0. The van der Waals surface area contributed by atoms with Gasteiger partial charge in [0.05, 0.1) is 80.3 Å². The van der Waals surface area contributed by atoms with Crippen molar-refractivity contribution in [2.45, 2.75) is 111 Å². The average molecular weight is 1310 g/mol. The standard InChI is InChI=1S/C60H77ClN10O13S4/c1-35-38(4)88-58-51(35)52(41-14-16-43(61)17-15-41)66-45(55-69-68-39(5)71(55)58)31-48(73)63-20-21-79-22-23-80-24-25-81-33-49(74)67-54(60(6,7)8)57(77)70-32-44(84-59(78)83-27-29-87-86-28-26-82-50(75)19-18-47(72)62-9)30-46(70)56(76)65-36(2)40-10-12-42(13-11-40)53-37(3)64-34-85-53/h10-17,34,36,44-46,54H,18-33H2,1-9H3,(H,62,72)(H,63,73)(H,65,76)(H,67,74)/t36-,44+,45-,46-,54-/m0/s1. The number of fused-ring (bicyclic) bond motifs is 3. The van der Waals surface area contributed by atoms with Crippen LogP contribution in [0.25, 0.3) is 15.4 Å². The van der Waals surface area contributed by atoms with Crippen LogP contribution in [0.15, 0.2) is 59.0 Å². The monoisotopic (exact) mass is 1310 g/mol. The number of benzene rings is 2. The van der Waals surface area contributed by atoms with Crippen LogP contribution in [-0.2, 0) is 57.2 Å². The molecule has 476 valence electrons. The molecule has 5 amide bonds. The largest absolute Gasteiger partial charge is 0.508 e. The van der Waals surface area contributed by atoms with Gasteiger partial charge < -0.3 is 54.6 Å². The van der Waals surface area contributed by atoms with Gasteiger partial charge >= 0.3 is 12.1 Å². The molecule has 5 aromatic rings. The van der Waals surface area contributed by atoms with Gasteiger partial charge in [0, 0.05) is 59.0 Å². The van der Waals surface area contributed by atoms with Gasteiger partial charge in [-0.25, -0.2) is 9.78 Å². The molecule has 5 atom stereocenters. The molecule has 0 spiro atoms. The fraction of sp³-hybridized carbons (Fsp3) is 0.517. The molecule has 0 bridgehead atoms. The van der Waals surface area contributed by atoms with E-state index in [9.17, 15) is 33.6 Å². The number of thiazole rings is 1. The van der Waals surface area contributed by atoms with E-state index in [2.05, 4.69) is 50.3 Å². The third-order valence-electron chi connectivity index (χ3n) is 14.3. The van der Waals surface area contributed by atoms with Gasteiger partial charge in [-0.1, -0.05) is 90.4 Å². The van der Waals surface area contributed by atoms with Crippen LogP contribution in [0.4, 0.5) is 4.79 Å². The molecule has 1 fully saturated rings. The van der Waals surface area contributed by atoms with Gasteiger partial charge in [0.15, 0.2) is 5.82 Å². The highest BCUT2D eigenvalue weighted by Crippen LogP contribution is 2.40. The van der Waals surface area contributed by atoms with E-state index in [0.29, 0.717) is 28.2 Å². The molecule has 0 radical (unpaired) electrons. The summed E-state index contributed by atoms with van der Waals surface area (Å²) in [5.41, 5.74) is 7.41. The van der Waals surface area contributed by atoms with Crippen LogP contribution in [0.2, 0.25) is 5.02 Å². The lowest BCUT2D eigenvalue weighted by Gasteiger charge is -2.35. The number of nitrogens with zero attached hydrogens (tertiary/aromatic N) is 6. The van der Waals surface area contributed by atoms with Gasteiger partial charge in [-0.2, -0.15) is 0 Å². The molecule has 3 aromatic heterocycles. The fourth-order valence-corrected chi connectivity index (χ4v) is 13.4. The molecular formula is C60H77ClN10O13S4. The van der Waals surface area contributed by atoms with Crippen LogP contribution in [0.3, 0.4) is 0 Å². The Hall–Kier alpha value is -6.46. The number of amides is 5. The van der Waals surface area contributed by atoms with Gasteiger partial charge in [0.2, 0.25) is 29.5 Å². The molecule has 4 N–H and O–H groups in total. The van der Waals surface area contributed by atoms with Crippen molar-refractivity contribution in [2.75, 3.05) is 84.5 Å². The molecule has 0 saturated carbocycles. The number of nitrogens with one attached hydrogen (secondary N) is 4. The molecule has 2 aliphatic rings. The molecule has 0 unspecified atom stereocenters. The first-order chi connectivity index (χ1) is 42.1. The zero-order valence-electron chi connectivity index (χ0n) is 50.9. The lowest BCUT2D eigenvalue weighted by Crippen LogP contribution is -2.58. The Kier molecular flexibility index (Phi) is 26.2. The predicted molar refractivity (Wildman–Crippen MR) is 339 cm³/mol. The third-order valence-corrected chi connectivity index (χ3v) is 19.1. The van der Waals surface area contributed by atoms with Gasteiger partial charge in [-0.15, -0.1) is 32.9 Å². The van der Waals surface area contributed by atoms with Crippen LogP contribution in [0, 0.1) is 33.1 Å². The van der Waals surface area contributed by atoms with E-state index < -0.39 is 65.5 Å². The van der Waals surface area contributed by atoms with Crippen molar-refractivity contribution in [3.8, 4) is 15.4 Å². The molecule has 7 rings (SSSR count). The third kappa shape index (κ3) is 19.5. The number of hydrogen-bond donors (Lipinski definition) is 4. The summed E-state index contributed by atoms with van der Waals surface area (Å²) < 4.78 is 35.2. The Morgan fingerprint density at radius 3 is 2.14 bits per heavy atom. The van der Waals surface area contributed by atoms with Crippen LogP contribution in [0.1, 0.15) is 110 Å². The van der Waals surface area contributed by atoms with Crippen molar-refractivity contribution in [2.24, 2.45) is 10.4 Å². The van der Waals surface area contributed by atoms with E-state index in [0.717, 1.165) is 54.0 Å². The number of halogens is 1. The Morgan fingerprint density at radius 2 is 1.47 bits per heavy atom. The van der Waals surface area contributed by atoms with Gasteiger partial charge in [-0.3, -0.25) is 38.3 Å².